The zero-order valence-electron chi connectivity index (χ0n) is 11.6. The summed E-state index contributed by atoms with van der Waals surface area (Å²) in [4.78, 5) is 25.4. The van der Waals surface area contributed by atoms with Crippen LogP contribution in [0, 0.1) is 5.92 Å². The number of hydrogen-bond acceptors (Lipinski definition) is 3. The summed E-state index contributed by atoms with van der Waals surface area (Å²) in [5, 5.41) is 3.05. The normalized spacial score (nSPS) is 26.8. The quantitative estimate of drug-likeness (QED) is 0.718. The van der Waals surface area contributed by atoms with Gasteiger partial charge in [0.1, 0.15) is 0 Å². The molecule has 2 unspecified atom stereocenters. The van der Waals surface area contributed by atoms with Crippen LogP contribution in [0.15, 0.2) is 0 Å². The van der Waals surface area contributed by atoms with E-state index >= 15 is 0 Å². The number of fused-ring (bicyclic) bond motifs is 1. The van der Waals surface area contributed by atoms with Gasteiger partial charge in [0, 0.05) is 32.0 Å². The second kappa shape index (κ2) is 6.89. The second-order valence-electron chi connectivity index (χ2n) is 5.70. The minimum atomic E-state index is 0.169. The fourth-order valence-corrected chi connectivity index (χ4v) is 3.09. The maximum Gasteiger partial charge on any atom is 0.222 e. The molecule has 0 bridgehead atoms. The van der Waals surface area contributed by atoms with Gasteiger partial charge in [-0.3, -0.25) is 9.59 Å². The van der Waals surface area contributed by atoms with Crippen molar-refractivity contribution in [1.82, 2.24) is 10.2 Å². The Kier molecular flexibility index (Phi) is 5.19. The zero-order valence-corrected chi connectivity index (χ0v) is 11.6. The summed E-state index contributed by atoms with van der Waals surface area (Å²) in [6.07, 6.45) is 6.07. The smallest absolute Gasteiger partial charge is 0.222 e. The number of amides is 2. The van der Waals surface area contributed by atoms with Crippen molar-refractivity contribution >= 4 is 11.8 Å². The molecule has 2 rings (SSSR count). The van der Waals surface area contributed by atoms with Crippen LogP contribution >= 0.6 is 0 Å². The van der Waals surface area contributed by atoms with Gasteiger partial charge in [-0.15, -0.1) is 0 Å². The Labute approximate surface area is 114 Å². The van der Waals surface area contributed by atoms with Gasteiger partial charge in [0.2, 0.25) is 11.8 Å². The first-order valence-electron chi connectivity index (χ1n) is 7.48. The summed E-state index contributed by atoms with van der Waals surface area (Å²) >= 11 is 0. The first-order valence-corrected chi connectivity index (χ1v) is 7.48. The van der Waals surface area contributed by atoms with E-state index in [-0.39, 0.29) is 11.8 Å². The average Bonchev–Trinajstić information content (AvgIpc) is 2.42. The molecule has 0 aromatic rings. The van der Waals surface area contributed by atoms with Crippen molar-refractivity contribution in [1.29, 1.82) is 0 Å². The van der Waals surface area contributed by atoms with Crippen molar-refractivity contribution in [2.75, 3.05) is 19.6 Å². The lowest BCUT2D eigenvalue weighted by atomic mass is 9.85. The molecule has 2 atom stereocenters. The third-order valence-corrected chi connectivity index (χ3v) is 4.27. The molecule has 2 aliphatic rings. The number of unbranched alkanes of at least 4 members (excludes halogenated alkanes) is 2. The van der Waals surface area contributed by atoms with Crippen molar-refractivity contribution in [3.63, 3.8) is 0 Å². The number of nitrogens with zero attached hydrogens (tertiary/aromatic N) is 1. The monoisotopic (exact) mass is 267 g/mol. The number of nitrogens with two attached hydrogens (primary N) is 1. The van der Waals surface area contributed by atoms with E-state index in [1.54, 1.807) is 0 Å². The molecule has 0 aromatic carbocycles. The number of rotatable bonds is 5. The minimum Gasteiger partial charge on any atom is -0.353 e. The summed E-state index contributed by atoms with van der Waals surface area (Å²) < 4.78 is 0. The predicted octanol–water partition coefficient (Wildman–Crippen LogP) is 0.633. The molecular weight excluding hydrogens is 242 g/mol. The highest BCUT2D eigenvalue weighted by molar-refractivity contribution is 5.78. The molecule has 19 heavy (non-hydrogen) atoms. The minimum absolute atomic E-state index is 0.169. The number of piperidine rings is 2. The van der Waals surface area contributed by atoms with E-state index in [9.17, 15) is 9.59 Å². The zero-order chi connectivity index (χ0) is 13.7. The van der Waals surface area contributed by atoms with Crippen LogP contribution < -0.4 is 11.1 Å². The first-order chi connectivity index (χ1) is 9.20. The molecule has 2 saturated heterocycles. The summed E-state index contributed by atoms with van der Waals surface area (Å²) in [7, 11) is 0. The van der Waals surface area contributed by atoms with Crippen molar-refractivity contribution in [3.8, 4) is 0 Å². The number of hydrogen-bond donors (Lipinski definition) is 2. The van der Waals surface area contributed by atoms with Gasteiger partial charge in [0.05, 0.1) is 0 Å². The average molecular weight is 267 g/mol. The molecule has 5 heteroatoms. The SMILES string of the molecule is NCCCCCC(=O)N1CCC2NC(=O)CCC2C1. The number of carbonyl (C=O) groups is 2. The van der Waals surface area contributed by atoms with Gasteiger partial charge in [-0.25, -0.2) is 0 Å². The van der Waals surface area contributed by atoms with E-state index in [1.165, 1.54) is 0 Å². The largest absolute Gasteiger partial charge is 0.353 e. The van der Waals surface area contributed by atoms with E-state index in [2.05, 4.69) is 5.32 Å². The molecule has 0 aliphatic carbocycles. The maximum atomic E-state index is 12.1. The molecule has 5 nitrogen and oxygen atoms in total. The first kappa shape index (κ1) is 14.3. The van der Waals surface area contributed by atoms with Gasteiger partial charge in [0.25, 0.3) is 0 Å². The van der Waals surface area contributed by atoms with Gasteiger partial charge < -0.3 is 16.0 Å². The topological polar surface area (TPSA) is 75.4 Å². The van der Waals surface area contributed by atoms with Crippen LogP contribution in [0.5, 0.6) is 0 Å². The Morgan fingerprint density at radius 2 is 2.16 bits per heavy atom. The second-order valence-corrected chi connectivity index (χ2v) is 5.70. The Hall–Kier alpha value is -1.10. The Morgan fingerprint density at radius 1 is 1.32 bits per heavy atom. The van der Waals surface area contributed by atoms with E-state index in [4.69, 9.17) is 5.73 Å². The lowest BCUT2D eigenvalue weighted by Crippen LogP contribution is -2.55. The molecule has 0 spiro atoms. The van der Waals surface area contributed by atoms with E-state index in [0.29, 0.717) is 31.3 Å². The summed E-state index contributed by atoms with van der Waals surface area (Å²) in [6, 6.07) is 0.294. The van der Waals surface area contributed by atoms with Crippen LogP contribution in [0.2, 0.25) is 0 Å². The Balaban J connectivity index is 1.74. The standard InChI is InChI=1S/C14H25N3O2/c15-8-3-1-2-4-14(19)17-9-7-12-11(10-17)5-6-13(18)16-12/h11-12H,1-10,15H2,(H,16,18). The Morgan fingerprint density at radius 3 is 2.95 bits per heavy atom. The van der Waals surface area contributed by atoms with Gasteiger partial charge in [-0.2, -0.15) is 0 Å². The van der Waals surface area contributed by atoms with Crippen LogP contribution in [0.4, 0.5) is 0 Å². The van der Waals surface area contributed by atoms with Crippen LogP contribution in [0.3, 0.4) is 0 Å². The Bertz CT molecular complexity index is 333. The molecule has 0 aromatic heterocycles. The van der Waals surface area contributed by atoms with Crippen molar-refractivity contribution in [2.24, 2.45) is 11.7 Å². The fourth-order valence-electron chi connectivity index (χ4n) is 3.09. The van der Waals surface area contributed by atoms with Crippen LogP contribution in [0.1, 0.15) is 44.9 Å². The third kappa shape index (κ3) is 3.93. The van der Waals surface area contributed by atoms with Gasteiger partial charge >= 0.3 is 0 Å². The lowest BCUT2D eigenvalue weighted by Gasteiger charge is -2.41. The van der Waals surface area contributed by atoms with Crippen LogP contribution in [-0.2, 0) is 9.59 Å². The fraction of sp³-hybridized carbons (Fsp3) is 0.857. The summed E-state index contributed by atoms with van der Waals surface area (Å²) in [5.74, 6) is 0.898. The molecule has 2 fully saturated rings. The molecule has 108 valence electrons. The molecule has 0 radical (unpaired) electrons. The highest BCUT2D eigenvalue weighted by Gasteiger charge is 2.34. The molecule has 0 saturated carbocycles. The van der Waals surface area contributed by atoms with Crippen molar-refractivity contribution in [2.45, 2.75) is 51.0 Å². The number of nitrogens with one attached hydrogen (secondary N) is 1. The van der Waals surface area contributed by atoms with Crippen molar-refractivity contribution < 1.29 is 9.59 Å². The highest BCUT2D eigenvalue weighted by Crippen LogP contribution is 2.25. The molecule has 2 amide bonds. The summed E-state index contributed by atoms with van der Waals surface area (Å²) in [6.45, 7) is 2.32. The van der Waals surface area contributed by atoms with E-state index in [0.717, 1.165) is 45.2 Å². The van der Waals surface area contributed by atoms with Gasteiger partial charge in [-0.1, -0.05) is 6.42 Å². The van der Waals surface area contributed by atoms with E-state index < -0.39 is 0 Å². The lowest BCUT2D eigenvalue weighted by molar-refractivity contribution is -0.134. The predicted molar refractivity (Wildman–Crippen MR) is 73.4 cm³/mol. The third-order valence-electron chi connectivity index (χ3n) is 4.27. The number of likely N-dealkylation sites (tertiary alicyclic amines) is 1. The number of carbonyl (C=O) groups excluding carboxylic acids is 2. The summed E-state index contributed by atoms with van der Waals surface area (Å²) in [5.41, 5.74) is 5.44. The molecule has 3 N–H and O–H groups in total. The van der Waals surface area contributed by atoms with Gasteiger partial charge in [-0.05, 0) is 38.1 Å². The van der Waals surface area contributed by atoms with Crippen LogP contribution in [-0.4, -0.2) is 42.4 Å². The molecule has 2 aliphatic heterocycles. The van der Waals surface area contributed by atoms with E-state index in [1.807, 2.05) is 4.90 Å². The highest BCUT2D eigenvalue weighted by atomic mass is 16.2. The van der Waals surface area contributed by atoms with Gasteiger partial charge in [0.15, 0.2) is 0 Å². The van der Waals surface area contributed by atoms with Crippen molar-refractivity contribution in [3.05, 3.63) is 0 Å². The maximum absolute atomic E-state index is 12.1. The molecule has 2 heterocycles. The van der Waals surface area contributed by atoms with Crippen LogP contribution in [0.25, 0.3) is 0 Å². The molecular formula is C14H25N3O2.